The molecule has 0 atom stereocenters. The van der Waals surface area contributed by atoms with Gasteiger partial charge in [0, 0.05) is 12.2 Å². The van der Waals surface area contributed by atoms with Crippen LogP contribution in [0.2, 0.25) is 10.2 Å². The van der Waals surface area contributed by atoms with Gasteiger partial charge in [-0.3, -0.25) is 19.1 Å². The molecule has 2 saturated carbocycles. The maximum atomic E-state index is 14.5. The van der Waals surface area contributed by atoms with Crippen LogP contribution >= 0.6 is 23.2 Å². The van der Waals surface area contributed by atoms with Gasteiger partial charge in [-0.05, 0) is 64.4 Å². The van der Waals surface area contributed by atoms with E-state index in [1.54, 1.807) is 13.8 Å². The second-order valence-corrected chi connectivity index (χ2v) is 12.2. The molecule has 0 saturated heterocycles. The number of carbonyl (C=O) groups is 3. The Bertz CT molecular complexity index is 1290. The number of pyridine rings is 1. The fourth-order valence-corrected chi connectivity index (χ4v) is 6.69. The average Bonchev–Trinajstić information content (AvgIpc) is 3.34. The quantitative estimate of drug-likeness (QED) is 0.252. The van der Waals surface area contributed by atoms with Gasteiger partial charge >= 0.3 is 12.1 Å². The number of carbonyl (C=O) groups excluding carboxylic acids is 2. The van der Waals surface area contributed by atoms with Gasteiger partial charge < -0.3 is 10.0 Å². The van der Waals surface area contributed by atoms with Crippen molar-refractivity contribution in [1.29, 1.82) is 0 Å². The van der Waals surface area contributed by atoms with Crippen LogP contribution in [0.1, 0.15) is 103 Å². The molecule has 2 fully saturated rings. The minimum absolute atomic E-state index is 0.0269. The molecular weight excluding hydrogens is 584 g/mol. The molecule has 8 nitrogen and oxygen atoms in total. The van der Waals surface area contributed by atoms with Gasteiger partial charge in [-0.1, -0.05) is 42.5 Å². The molecule has 1 amide bonds. The Kier molecular flexibility index (Phi) is 9.38. The number of aliphatic carboxylic acids is 1. The van der Waals surface area contributed by atoms with Gasteiger partial charge in [0.25, 0.3) is 5.91 Å². The number of aryl methyl sites for hydroxylation is 1. The van der Waals surface area contributed by atoms with Gasteiger partial charge in [0.15, 0.2) is 11.5 Å². The van der Waals surface area contributed by atoms with Crippen LogP contribution < -0.4 is 0 Å². The Morgan fingerprint density at radius 1 is 1.12 bits per heavy atom. The van der Waals surface area contributed by atoms with Gasteiger partial charge in [0.05, 0.1) is 40.3 Å². The number of hydrogen-bond donors (Lipinski definition) is 1. The van der Waals surface area contributed by atoms with Crippen LogP contribution in [0.15, 0.2) is 12.3 Å². The lowest BCUT2D eigenvalue weighted by Gasteiger charge is -2.34. The third kappa shape index (κ3) is 6.88. The van der Waals surface area contributed by atoms with Crippen LogP contribution in [0, 0.1) is 18.3 Å². The molecule has 2 aromatic heterocycles. The minimum Gasteiger partial charge on any atom is -0.481 e. The minimum atomic E-state index is -4.91. The highest BCUT2D eigenvalue weighted by Gasteiger charge is 2.45. The van der Waals surface area contributed by atoms with E-state index in [4.69, 9.17) is 23.2 Å². The predicted octanol–water partition coefficient (Wildman–Crippen LogP) is 7.02. The van der Waals surface area contributed by atoms with Crippen molar-refractivity contribution >= 4 is 40.9 Å². The first kappa shape index (κ1) is 31.3. The number of alkyl halides is 3. The molecule has 4 rings (SSSR count). The van der Waals surface area contributed by atoms with E-state index in [1.807, 2.05) is 0 Å². The summed E-state index contributed by atoms with van der Waals surface area (Å²) in [5, 5.41) is 13.4. The number of nitrogens with zero attached hydrogens (tertiary/aromatic N) is 4. The van der Waals surface area contributed by atoms with Gasteiger partial charge in [-0.25, -0.2) is 4.98 Å². The fraction of sp³-hybridized carbons (Fsp3) is 0.607. The van der Waals surface area contributed by atoms with E-state index in [0.29, 0.717) is 5.69 Å². The molecule has 1 N–H and O–H groups in total. The van der Waals surface area contributed by atoms with Gasteiger partial charge in [-0.15, -0.1) is 0 Å². The number of ketones is 1. The van der Waals surface area contributed by atoms with Crippen molar-refractivity contribution in [3.63, 3.8) is 0 Å². The maximum Gasteiger partial charge on any atom is 0.433 e. The zero-order chi connectivity index (χ0) is 30.1. The third-order valence-electron chi connectivity index (χ3n) is 8.37. The highest BCUT2D eigenvalue weighted by molar-refractivity contribution is 6.39. The summed E-state index contributed by atoms with van der Waals surface area (Å²) in [4.78, 5) is 44.0. The van der Waals surface area contributed by atoms with Crippen molar-refractivity contribution in [2.45, 2.75) is 83.9 Å². The number of Topliss-reactive ketones (excluding diaryl/α,β-unsaturated/α-hetero) is 1. The maximum absolute atomic E-state index is 14.5. The van der Waals surface area contributed by atoms with Gasteiger partial charge in [-0.2, -0.15) is 18.3 Å². The summed E-state index contributed by atoms with van der Waals surface area (Å²) in [7, 11) is 0. The summed E-state index contributed by atoms with van der Waals surface area (Å²) in [5.74, 6) is -2.55. The molecule has 0 spiro atoms. The summed E-state index contributed by atoms with van der Waals surface area (Å²) in [6, 6.07) is 0.740. The summed E-state index contributed by atoms with van der Waals surface area (Å²) in [5.41, 5.74) is -2.46. The number of carboxylic acids is 1. The van der Waals surface area contributed by atoms with Crippen molar-refractivity contribution in [2.75, 3.05) is 13.1 Å². The summed E-state index contributed by atoms with van der Waals surface area (Å²) >= 11 is 12.5. The highest BCUT2D eigenvalue weighted by atomic mass is 35.5. The third-order valence-corrected chi connectivity index (χ3v) is 8.95. The van der Waals surface area contributed by atoms with Crippen LogP contribution in [-0.2, 0) is 11.0 Å². The predicted molar refractivity (Wildman–Crippen MR) is 146 cm³/mol. The molecule has 2 heterocycles. The fourth-order valence-electron chi connectivity index (χ4n) is 5.95. The van der Waals surface area contributed by atoms with Crippen LogP contribution in [0.25, 0.3) is 0 Å². The molecule has 2 aliphatic rings. The Morgan fingerprint density at radius 3 is 2.32 bits per heavy atom. The van der Waals surface area contributed by atoms with Gasteiger partial charge in [0.1, 0.15) is 5.15 Å². The first-order chi connectivity index (χ1) is 19.2. The molecule has 0 radical (unpaired) electrons. The van der Waals surface area contributed by atoms with E-state index in [2.05, 4.69) is 10.1 Å². The molecule has 0 unspecified atom stereocenters. The van der Waals surface area contributed by atoms with Crippen molar-refractivity contribution in [3.8, 4) is 0 Å². The number of hydrogen-bond acceptors (Lipinski definition) is 5. The number of amides is 1. The zero-order valence-electron chi connectivity index (χ0n) is 22.9. The van der Waals surface area contributed by atoms with E-state index >= 15 is 0 Å². The Labute approximate surface area is 246 Å². The summed E-state index contributed by atoms with van der Waals surface area (Å²) in [6.07, 6.45) is 1.19. The largest absolute Gasteiger partial charge is 0.481 e. The van der Waals surface area contributed by atoms with E-state index < -0.39 is 53.1 Å². The first-order valence-electron chi connectivity index (χ1n) is 13.7. The van der Waals surface area contributed by atoms with E-state index in [0.717, 1.165) is 47.9 Å². The number of carboxylic acid groups (broad SMARTS) is 1. The second kappa shape index (κ2) is 12.3. The lowest BCUT2D eigenvalue weighted by Crippen LogP contribution is -2.40. The SMILES string of the molecule is Cc1cc(Cl)c(C(=O)CN(CC2CCCCC2)C(=O)c2cnn([C@H]3CC[C@](C)(C(=O)O)CC3)c2C(F)(F)F)c(Cl)n1. The van der Waals surface area contributed by atoms with Gasteiger partial charge in [0.2, 0.25) is 0 Å². The summed E-state index contributed by atoms with van der Waals surface area (Å²) < 4.78 is 44.3. The van der Waals surface area contributed by atoms with Crippen LogP contribution in [0.3, 0.4) is 0 Å². The Morgan fingerprint density at radius 2 is 1.76 bits per heavy atom. The molecule has 0 aromatic carbocycles. The Balaban J connectivity index is 1.67. The molecule has 2 aliphatic carbocycles. The number of halogens is 5. The molecule has 0 aliphatic heterocycles. The lowest BCUT2D eigenvalue weighted by atomic mass is 9.74. The van der Waals surface area contributed by atoms with Crippen LogP contribution in [0.5, 0.6) is 0 Å². The van der Waals surface area contributed by atoms with Crippen molar-refractivity contribution in [1.82, 2.24) is 19.7 Å². The number of rotatable bonds is 8. The van der Waals surface area contributed by atoms with Crippen LogP contribution in [0.4, 0.5) is 13.2 Å². The highest BCUT2D eigenvalue weighted by Crippen LogP contribution is 2.43. The van der Waals surface area contributed by atoms with E-state index in [-0.39, 0.29) is 53.9 Å². The molecular formula is C28H33Cl2F3N4O4. The summed E-state index contributed by atoms with van der Waals surface area (Å²) in [6.45, 7) is 2.80. The van der Waals surface area contributed by atoms with Crippen molar-refractivity contribution < 1.29 is 32.7 Å². The van der Waals surface area contributed by atoms with Crippen molar-refractivity contribution in [2.24, 2.45) is 11.3 Å². The number of aromatic nitrogens is 3. The smallest absolute Gasteiger partial charge is 0.433 e. The average molecular weight is 617 g/mol. The molecule has 224 valence electrons. The van der Waals surface area contributed by atoms with Crippen LogP contribution in [-0.4, -0.2) is 55.5 Å². The zero-order valence-corrected chi connectivity index (χ0v) is 24.5. The molecule has 0 bridgehead atoms. The van der Waals surface area contributed by atoms with E-state index in [9.17, 15) is 32.7 Å². The lowest BCUT2D eigenvalue weighted by molar-refractivity contribution is -0.152. The topological polar surface area (TPSA) is 105 Å². The normalized spacial score (nSPS) is 22.0. The van der Waals surface area contributed by atoms with E-state index in [1.165, 1.54) is 6.07 Å². The monoisotopic (exact) mass is 616 g/mol. The molecule has 41 heavy (non-hydrogen) atoms. The second-order valence-electron chi connectivity index (χ2n) is 11.5. The molecule has 2 aromatic rings. The molecule has 13 heteroatoms. The van der Waals surface area contributed by atoms with Crippen molar-refractivity contribution in [3.05, 3.63) is 45.0 Å². The first-order valence-corrected chi connectivity index (χ1v) is 14.5. The standard InChI is InChI=1S/C28H33Cl2F3N4O4/c1-16-12-20(29)22(24(30)35-16)21(38)15-36(14-17-6-4-3-5-7-17)25(39)19-13-34-37(23(19)28(31,32)33)18-8-10-27(2,11-9-18)26(40)41/h12-13,17-18H,3-11,14-15H2,1-2H3,(H,40,41)/t18-,27-. The Hall–Kier alpha value is -2.66.